The van der Waals surface area contributed by atoms with Crippen molar-refractivity contribution in [3.63, 3.8) is 0 Å². The highest BCUT2D eigenvalue weighted by molar-refractivity contribution is 5.55. The minimum atomic E-state index is 0.745. The van der Waals surface area contributed by atoms with Gasteiger partial charge in [0.1, 0.15) is 5.82 Å². The van der Waals surface area contributed by atoms with Gasteiger partial charge in [0.05, 0.1) is 0 Å². The van der Waals surface area contributed by atoms with Crippen molar-refractivity contribution in [3.05, 3.63) is 17.8 Å². The molecule has 1 saturated heterocycles. The number of hydrogen-bond donors (Lipinski definition) is 1. The fraction of sp³-hybridized carbons (Fsp3) is 0.583. The number of aromatic nitrogens is 1. The summed E-state index contributed by atoms with van der Waals surface area (Å²) in [6.07, 6.45) is 1.86. The van der Waals surface area contributed by atoms with Gasteiger partial charge in [-0.2, -0.15) is 0 Å². The fourth-order valence-electron chi connectivity index (χ4n) is 2.02. The van der Waals surface area contributed by atoms with Crippen molar-refractivity contribution < 1.29 is 0 Å². The van der Waals surface area contributed by atoms with Crippen molar-refractivity contribution in [1.29, 1.82) is 0 Å². The second kappa shape index (κ2) is 3.72. The number of rotatable bonds is 1. The predicted octanol–water partition coefficient (Wildman–Crippen LogP) is 2.06. The summed E-state index contributed by atoms with van der Waals surface area (Å²) in [5.41, 5.74) is 7.79. The number of nitrogen functional groups attached to an aromatic ring is 1. The molecule has 1 aromatic heterocycles. The SMILES string of the molecule is Cc1cnc(N2CC(C)C(C)C2)cc1N. The van der Waals surface area contributed by atoms with Crippen LogP contribution in [-0.2, 0) is 0 Å². The molecule has 2 rings (SSSR count). The first kappa shape index (κ1) is 10.3. The largest absolute Gasteiger partial charge is 0.398 e. The first-order valence-electron chi connectivity index (χ1n) is 5.55. The molecule has 2 heterocycles. The molecule has 3 nitrogen and oxygen atoms in total. The summed E-state index contributed by atoms with van der Waals surface area (Å²) in [5.74, 6) is 2.51. The van der Waals surface area contributed by atoms with Gasteiger partial charge in [-0.15, -0.1) is 0 Å². The van der Waals surface area contributed by atoms with Gasteiger partial charge in [-0.3, -0.25) is 0 Å². The van der Waals surface area contributed by atoms with Gasteiger partial charge >= 0.3 is 0 Å². The van der Waals surface area contributed by atoms with E-state index in [0.717, 1.165) is 42.0 Å². The molecule has 1 aromatic rings. The van der Waals surface area contributed by atoms with E-state index >= 15 is 0 Å². The Balaban J connectivity index is 2.20. The van der Waals surface area contributed by atoms with Gasteiger partial charge in [-0.25, -0.2) is 4.98 Å². The van der Waals surface area contributed by atoms with Crippen LogP contribution in [0.15, 0.2) is 12.3 Å². The Morgan fingerprint density at radius 3 is 2.47 bits per heavy atom. The Hall–Kier alpha value is -1.25. The zero-order chi connectivity index (χ0) is 11.0. The van der Waals surface area contributed by atoms with Crippen molar-refractivity contribution in [2.24, 2.45) is 11.8 Å². The van der Waals surface area contributed by atoms with Crippen LogP contribution in [-0.4, -0.2) is 18.1 Å². The van der Waals surface area contributed by atoms with Crippen LogP contribution in [0.1, 0.15) is 19.4 Å². The second-order valence-electron chi connectivity index (χ2n) is 4.76. The van der Waals surface area contributed by atoms with Gasteiger partial charge in [0.2, 0.25) is 0 Å². The third kappa shape index (κ3) is 1.91. The van der Waals surface area contributed by atoms with Crippen molar-refractivity contribution in [2.75, 3.05) is 23.7 Å². The number of nitrogens with zero attached hydrogens (tertiary/aromatic N) is 2. The summed E-state index contributed by atoms with van der Waals surface area (Å²) in [7, 11) is 0. The highest BCUT2D eigenvalue weighted by Gasteiger charge is 2.26. The molecule has 2 N–H and O–H groups in total. The molecule has 2 atom stereocenters. The van der Waals surface area contributed by atoms with E-state index in [9.17, 15) is 0 Å². The summed E-state index contributed by atoms with van der Waals surface area (Å²) in [6, 6.07) is 1.99. The molecule has 15 heavy (non-hydrogen) atoms. The molecule has 3 heteroatoms. The lowest BCUT2D eigenvalue weighted by atomic mass is 10.0. The molecule has 0 radical (unpaired) electrons. The molecular weight excluding hydrogens is 186 g/mol. The van der Waals surface area contributed by atoms with Gasteiger partial charge in [0.25, 0.3) is 0 Å². The molecule has 0 aliphatic carbocycles. The summed E-state index contributed by atoms with van der Waals surface area (Å²) in [6.45, 7) is 8.76. The maximum Gasteiger partial charge on any atom is 0.130 e. The van der Waals surface area contributed by atoms with Crippen LogP contribution in [0, 0.1) is 18.8 Å². The van der Waals surface area contributed by atoms with Crippen molar-refractivity contribution in [1.82, 2.24) is 4.98 Å². The first-order valence-corrected chi connectivity index (χ1v) is 5.55. The smallest absolute Gasteiger partial charge is 0.130 e. The monoisotopic (exact) mass is 205 g/mol. The van der Waals surface area contributed by atoms with Crippen molar-refractivity contribution in [3.8, 4) is 0 Å². The maximum atomic E-state index is 5.89. The molecule has 0 spiro atoms. The molecule has 1 aliphatic heterocycles. The predicted molar refractivity (Wildman–Crippen MR) is 63.9 cm³/mol. The van der Waals surface area contributed by atoms with E-state index in [1.165, 1.54) is 0 Å². The quantitative estimate of drug-likeness (QED) is 0.763. The summed E-state index contributed by atoms with van der Waals surface area (Å²) < 4.78 is 0. The zero-order valence-electron chi connectivity index (χ0n) is 9.70. The number of aryl methyl sites for hydroxylation is 1. The lowest BCUT2D eigenvalue weighted by Crippen LogP contribution is -2.20. The highest BCUT2D eigenvalue weighted by Crippen LogP contribution is 2.27. The molecular formula is C12H19N3. The number of hydrogen-bond acceptors (Lipinski definition) is 3. The summed E-state index contributed by atoms with van der Waals surface area (Å²) >= 11 is 0. The Bertz CT molecular complexity index is 352. The van der Waals surface area contributed by atoms with E-state index in [0.29, 0.717) is 0 Å². The molecule has 0 saturated carbocycles. The Kier molecular flexibility index (Phi) is 2.55. The first-order chi connectivity index (χ1) is 7.08. The number of nitrogens with two attached hydrogens (primary N) is 1. The highest BCUT2D eigenvalue weighted by atomic mass is 15.2. The standard InChI is InChI=1S/C12H19N3/c1-8-5-14-12(4-11(8)13)15-6-9(2)10(3)7-15/h4-5,9-10H,6-7H2,1-3H3,(H2,13,14). The van der Waals surface area contributed by atoms with Crippen LogP contribution >= 0.6 is 0 Å². The second-order valence-corrected chi connectivity index (χ2v) is 4.76. The minimum absolute atomic E-state index is 0.745. The van der Waals surface area contributed by atoms with Crippen molar-refractivity contribution >= 4 is 11.5 Å². The molecule has 2 unspecified atom stereocenters. The summed E-state index contributed by atoms with van der Waals surface area (Å²) in [5, 5.41) is 0. The van der Waals surface area contributed by atoms with Crippen LogP contribution in [0.2, 0.25) is 0 Å². The molecule has 0 amide bonds. The van der Waals surface area contributed by atoms with Crippen LogP contribution in [0.5, 0.6) is 0 Å². The third-order valence-electron chi connectivity index (χ3n) is 3.44. The van der Waals surface area contributed by atoms with E-state index in [4.69, 9.17) is 5.73 Å². The molecule has 82 valence electrons. The third-order valence-corrected chi connectivity index (χ3v) is 3.44. The van der Waals surface area contributed by atoms with E-state index in [2.05, 4.69) is 23.7 Å². The van der Waals surface area contributed by atoms with Gasteiger partial charge in [-0.1, -0.05) is 13.8 Å². The molecule has 0 bridgehead atoms. The Morgan fingerprint density at radius 2 is 1.93 bits per heavy atom. The lowest BCUT2D eigenvalue weighted by Gasteiger charge is -2.17. The Morgan fingerprint density at radius 1 is 1.33 bits per heavy atom. The molecule has 1 aliphatic rings. The van der Waals surface area contributed by atoms with Crippen LogP contribution < -0.4 is 10.6 Å². The zero-order valence-corrected chi connectivity index (χ0v) is 9.70. The van der Waals surface area contributed by atoms with Crippen molar-refractivity contribution in [2.45, 2.75) is 20.8 Å². The van der Waals surface area contributed by atoms with Gasteiger partial charge in [0.15, 0.2) is 0 Å². The van der Waals surface area contributed by atoms with Crippen LogP contribution in [0.4, 0.5) is 11.5 Å². The topological polar surface area (TPSA) is 42.2 Å². The fourth-order valence-corrected chi connectivity index (χ4v) is 2.02. The molecule has 0 aromatic carbocycles. The van der Waals surface area contributed by atoms with Gasteiger partial charge in [-0.05, 0) is 24.3 Å². The normalized spacial score (nSPS) is 25.9. The van der Waals surface area contributed by atoms with Gasteiger partial charge in [0, 0.05) is 31.0 Å². The number of anilines is 2. The maximum absolute atomic E-state index is 5.89. The lowest BCUT2D eigenvalue weighted by molar-refractivity contribution is 0.494. The van der Waals surface area contributed by atoms with Gasteiger partial charge < -0.3 is 10.6 Å². The Labute approximate surface area is 91.3 Å². The van der Waals surface area contributed by atoms with E-state index in [1.807, 2.05) is 19.2 Å². The average molecular weight is 205 g/mol. The van der Waals surface area contributed by atoms with Crippen LogP contribution in [0.3, 0.4) is 0 Å². The van der Waals surface area contributed by atoms with E-state index in [1.54, 1.807) is 0 Å². The number of pyridine rings is 1. The average Bonchev–Trinajstić information content (AvgIpc) is 2.52. The molecule has 1 fully saturated rings. The van der Waals surface area contributed by atoms with Crippen LogP contribution in [0.25, 0.3) is 0 Å². The summed E-state index contributed by atoms with van der Waals surface area (Å²) in [4.78, 5) is 6.76. The minimum Gasteiger partial charge on any atom is -0.398 e. The van der Waals surface area contributed by atoms with E-state index in [-0.39, 0.29) is 0 Å². The van der Waals surface area contributed by atoms with E-state index < -0.39 is 0 Å².